The maximum absolute atomic E-state index is 3.72. The van der Waals surface area contributed by atoms with E-state index in [1.165, 1.54) is 32.1 Å². The van der Waals surface area contributed by atoms with E-state index >= 15 is 0 Å². The average Bonchev–Trinajstić information content (AvgIpc) is 2.15. The van der Waals surface area contributed by atoms with E-state index in [-0.39, 0.29) is 0 Å². The van der Waals surface area contributed by atoms with Crippen LogP contribution in [0.4, 0.5) is 0 Å². The zero-order chi connectivity index (χ0) is 8.81. The van der Waals surface area contributed by atoms with Gasteiger partial charge in [-0.15, -0.1) is 6.58 Å². The highest BCUT2D eigenvalue weighted by Crippen LogP contribution is 2.26. The molecule has 0 aromatic rings. The third-order valence-corrected chi connectivity index (χ3v) is 2.94. The van der Waals surface area contributed by atoms with Gasteiger partial charge in [-0.1, -0.05) is 25.3 Å². The third-order valence-electron chi connectivity index (χ3n) is 2.94. The first kappa shape index (κ1) is 9.79. The van der Waals surface area contributed by atoms with E-state index in [2.05, 4.69) is 18.8 Å². The minimum Gasteiger partial charge on any atom is -0.311 e. The highest BCUT2D eigenvalue weighted by Gasteiger charge is 2.18. The molecule has 0 aromatic carbocycles. The minimum atomic E-state index is 0.684. The number of hydrogen-bond donors (Lipinski definition) is 1. The maximum atomic E-state index is 3.72. The SMILES string of the molecule is C=CCN[C@@H](C)C1CCCCC1. The van der Waals surface area contributed by atoms with Gasteiger partial charge in [-0.25, -0.2) is 0 Å². The summed E-state index contributed by atoms with van der Waals surface area (Å²) in [5.74, 6) is 0.915. The summed E-state index contributed by atoms with van der Waals surface area (Å²) in [7, 11) is 0. The summed E-state index contributed by atoms with van der Waals surface area (Å²) < 4.78 is 0. The van der Waals surface area contributed by atoms with Crippen molar-refractivity contribution in [3.8, 4) is 0 Å². The van der Waals surface area contributed by atoms with Crippen LogP contribution in [0.3, 0.4) is 0 Å². The van der Waals surface area contributed by atoms with Gasteiger partial charge in [0.05, 0.1) is 0 Å². The lowest BCUT2D eigenvalue weighted by Crippen LogP contribution is -2.34. The van der Waals surface area contributed by atoms with Gasteiger partial charge in [0.15, 0.2) is 0 Å². The summed E-state index contributed by atoms with van der Waals surface area (Å²) in [6, 6.07) is 0.684. The molecule has 12 heavy (non-hydrogen) atoms. The smallest absolute Gasteiger partial charge is 0.0134 e. The molecular formula is C11H21N. The Labute approximate surface area is 76.2 Å². The lowest BCUT2D eigenvalue weighted by Gasteiger charge is -2.28. The van der Waals surface area contributed by atoms with E-state index in [1.807, 2.05) is 6.08 Å². The summed E-state index contributed by atoms with van der Waals surface area (Å²) in [6.07, 6.45) is 9.11. The Morgan fingerprint density at radius 2 is 2.08 bits per heavy atom. The number of nitrogens with one attached hydrogen (secondary N) is 1. The van der Waals surface area contributed by atoms with Crippen LogP contribution in [0.2, 0.25) is 0 Å². The van der Waals surface area contributed by atoms with Crippen LogP contribution in [0.5, 0.6) is 0 Å². The highest BCUT2D eigenvalue weighted by molar-refractivity contribution is 4.79. The molecule has 0 aliphatic heterocycles. The predicted octanol–water partition coefficient (Wildman–Crippen LogP) is 2.73. The van der Waals surface area contributed by atoms with Crippen molar-refractivity contribution in [3.63, 3.8) is 0 Å². The van der Waals surface area contributed by atoms with Crippen molar-refractivity contribution in [1.29, 1.82) is 0 Å². The molecule has 0 spiro atoms. The van der Waals surface area contributed by atoms with Crippen LogP contribution in [0, 0.1) is 5.92 Å². The summed E-state index contributed by atoms with van der Waals surface area (Å²) in [5, 5.41) is 3.48. The van der Waals surface area contributed by atoms with Gasteiger partial charge in [-0.2, -0.15) is 0 Å². The molecule has 70 valence electrons. The van der Waals surface area contributed by atoms with Crippen molar-refractivity contribution in [2.75, 3.05) is 6.54 Å². The Morgan fingerprint density at radius 3 is 2.67 bits per heavy atom. The van der Waals surface area contributed by atoms with Crippen molar-refractivity contribution in [3.05, 3.63) is 12.7 Å². The van der Waals surface area contributed by atoms with Gasteiger partial charge >= 0.3 is 0 Å². The van der Waals surface area contributed by atoms with E-state index in [9.17, 15) is 0 Å². The van der Waals surface area contributed by atoms with E-state index in [0.29, 0.717) is 6.04 Å². The topological polar surface area (TPSA) is 12.0 Å². The molecule has 0 bridgehead atoms. The van der Waals surface area contributed by atoms with Crippen molar-refractivity contribution < 1.29 is 0 Å². The van der Waals surface area contributed by atoms with Crippen molar-refractivity contribution in [2.24, 2.45) is 5.92 Å². The Kier molecular flexibility index (Phi) is 4.37. The third kappa shape index (κ3) is 2.98. The second kappa shape index (κ2) is 5.36. The molecule has 1 rings (SSSR count). The molecular weight excluding hydrogens is 146 g/mol. The largest absolute Gasteiger partial charge is 0.311 e. The number of rotatable bonds is 4. The summed E-state index contributed by atoms with van der Waals surface area (Å²) >= 11 is 0. The molecule has 1 aliphatic carbocycles. The normalized spacial score (nSPS) is 22.1. The highest BCUT2D eigenvalue weighted by atomic mass is 14.9. The Balaban J connectivity index is 2.19. The molecule has 0 unspecified atom stereocenters. The van der Waals surface area contributed by atoms with Crippen LogP contribution in [0.25, 0.3) is 0 Å². The lowest BCUT2D eigenvalue weighted by atomic mass is 9.84. The average molecular weight is 167 g/mol. The molecule has 1 aliphatic rings. The van der Waals surface area contributed by atoms with Crippen LogP contribution in [0.1, 0.15) is 39.0 Å². The molecule has 0 saturated heterocycles. The van der Waals surface area contributed by atoms with Gasteiger partial charge in [-0.3, -0.25) is 0 Å². The molecule has 0 heterocycles. The first-order valence-corrected chi connectivity index (χ1v) is 5.19. The lowest BCUT2D eigenvalue weighted by molar-refractivity contribution is 0.287. The van der Waals surface area contributed by atoms with E-state index in [0.717, 1.165) is 12.5 Å². The molecule has 1 fully saturated rings. The Bertz CT molecular complexity index is 125. The molecule has 1 saturated carbocycles. The van der Waals surface area contributed by atoms with Crippen LogP contribution in [0.15, 0.2) is 12.7 Å². The summed E-state index contributed by atoms with van der Waals surface area (Å²) in [6.45, 7) is 6.98. The first-order chi connectivity index (χ1) is 5.84. The summed E-state index contributed by atoms with van der Waals surface area (Å²) in [5.41, 5.74) is 0. The van der Waals surface area contributed by atoms with Gasteiger partial charge < -0.3 is 5.32 Å². The standard InChI is InChI=1S/C11H21N/c1-3-9-12-10(2)11-7-5-4-6-8-11/h3,10-12H,1,4-9H2,2H3/t10-/m0/s1. The fraction of sp³-hybridized carbons (Fsp3) is 0.818. The van der Waals surface area contributed by atoms with Crippen molar-refractivity contribution in [2.45, 2.75) is 45.1 Å². The molecule has 1 heteroatoms. The van der Waals surface area contributed by atoms with Crippen molar-refractivity contribution >= 4 is 0 Å². The van der Waals surface area contributed by atoms with E-state index in [1.54, 1.807) is 0 Å². The minimum absolute atomic E-state index is 0.684. The fourth-order valence-electron chi connectivity index (χ4n) is 2.07. The molecule has 0 radical (unpaired) electrons. The van der Waals surface area contributed by atoms with Crippen molar-refractivity contribution in [1.82, 2.24) is 5.32 Å². The van der Waals surface area contributed by atoms with Crippen LogP contribution < -0.4 is 5.32 Å². The zero-order valence-electron chi connectivity index (χ0n) is 8.18. The molecule has 1 atom stereocenters. The number of hydrogen-bond acceptors (Lipinski definition) is 1. The predicted molar refractivity (Wildman–Crippen MR) is 54.2 cm³/mol. The van der Waals surface area contributed by atoms with E-state index in [4.69, 9.17) is 0 Å². The van der Waals surface area contributed by atoms with Crippen LogP contribution in [-0.2, 0) is 0 Å². The van der Waals surface area contributed by atoms with Crippen LogP contribution >= 0.6 is 0 Å². The molecule has 1 nitrogen and oxygen atoms in total. The Morgan fingerprint density at radius 1 is 1.42 bits per heavy atom. The quantitative estimate of drug-likeness (QED) is 0.635. The van der Waals surface area contributed by atoms with Crippen LogP contribution in [-0.4, -0.2) is 12.6 Å². The first-order valence-electron chi connectivity index (χ1n) is 5.19. The van der Waals surface area contributed by atoms with Gasteiger partial charge in [-0.05, 0) is 25.7 Å². The molecule has 1 N–H and O–H groups in total. The van der Waals surface area contributed by atoms with E-state index < -0.39 is 0 Å². The molecule has 0 amide bonds. The molecule has 0 aromatic heterocycles. The second-order valence-electron chi connectivity index (χ2n) is 3.88. The Hall–Kier alpha value is -0.300. The maximum Gasteiger partial charge on any atom is 0.0134 e. The van der Waals surface area contributed by atoms with Gasteiger partial charge in [0.1, 0.15) is 0 Å². The fourth-order valence-corrected chi connectivity index (χ4v) is 2.07. The second-order valence-corrected chi connectivity index (χ2v) is 3.88. The zero-order valence-corrected chi connectivity index (χ0v) is 8.18. The summed E-state index contributed by atoms with van der Waals surface area (Å²) in [4.78, 5) is 0. The monoisotopic (exact) mass is 167 g/mol. The van der Waals surface area contributed by atoms with Gasteiger partial charge in [0.25, 0.3) is 0 Å². The van der Waals surface area contributed by atoms with Gasteiger partial charge in [0.2, 0.25) is 0 Å². The van der Waals surface area contributed by atoms with Gasteiger partial charge in [0, 0.05) is 12.6 Å².